The second-order valence-electron chi connectivity index (χ2n) is 4.92. The van der Waals surface area contributed by atoms with E-state index in [2.05, 4.69) is 37.8 Å². The van der Waals surface area contributed by atoms with Gasteiger partial charge in [-0.1, -0.05) is 0 Å². The molecule has 5 heteroatoms. The van der Waals surface area contributed by atoms with E-state index in [0.717, 1.165) is 26.1 Å². The van der Waals surface area contributed by atoms with Crippen molar-refractivity contribution >= 4 is 0 Å². The zero-order chi connectivity index (χ0) is 12.4. The standard InChI is InChI=1S/C13H17N5/c1-11-4-16-18(7-11)13-2-3-17(9-13)8-12-5-14-10-15-6-12/h4-7,10,13H,2-3,8-9H2,1H3. The number of nitrogens with zero attached hydrogens (tertiary/aromatic N) is 5. The molecule has 0 aliphatic carbocycles. The summed E-state index contributed by atoms with van der Waals surface area (Å²) in [6.07, 6.45) is 10.6. The van der Waals surface area contributed by atoms with E-state index >= 15 is 0 Å². The summed E-state index contributed by atoms with van der Waals surface area (Å²) in [5.41, 5.74) is 2.40. The van der Waals surface area contributed by atoms with Crippen molar-refractivity contribution in [2.75, 3.05) is 13.1 Å². The van der Waals surface area contributed by atoms with Gasteiger partial charge in [0.2, 0.25) is 0 Å². The molecule has 1 atom stereocenters. The first-order valence-electron chi connectivity index (χ1n) is 6.28. The fourth-order valence-corrected chi connectivity index (χ4v) is 2.47. The maximum absolute atomic E-state index is 4.40. The van der Waals surface area contributed by atoms with Crippen LogP contribution in [0.3, 0.4) is 0 Å². The number of hydrogen-bond donors (Lipinski definition) is 0. The van der Waals surface area contributed by atoms with E-state index in [1.54, 1.807) is 6.33 Å². The third kappa shape index (κ3) is 2.41. The van der Waals surface area contributed by atoms with Crippen molar-refractivity contribution in [2.45, 2.75) is 25.9 Å². The second-order valence-corrected chi connectivity index (χ2v) is 4.92. The maximum Gasteiger partial charge on any atom is 0.115 e. The fraction of sp³-hybridized carbons (Fsp3) is 0.462. The number of hydrogen-bond acceptors (Lipinski definition) is 4. The van der Waals surface area contributed by atoms with Gasteiger partial charge < -0.3 is 0 Å². The first-order chi connectivity index (χ1) is 8.81. The van der Waals surface area contributed by atoms with Crippen LogP contribution in [0.1, 0.15) is 23.6 Å². The SMILES string of the molecule is Cc1cnn(C2CCN(Cc3cncnc3)C2)c1. The van der Waals surface area contributed by atoms with Crippen LogP contribution in [-0.2, 0) is 6.54 Å². The molecule has 0 bridgehead atoms. The van der Waals surface area contributed by atoms with Gasteiger partial charge >= 0.3 is 0 Å². The molecule has 0 amide bonds. The number of rotatable bonds is 3. The lowest BCUT2D eigenvalue weighted by Crippen LogP contribution is -2.21. The predicted molar refractivity (Wildman–Crippen MR) is 67.9 cm³/mol. The summed E-state index contributed by atoms with van der Waals surface area (Å²) in [5.74, 6) is 0. The largest absolute Gasteiger partial charge is 0.297 e. The molecule has 1 aliphatic heterocycles. The Bertz CT molecular complexity index is 507. The molecule has 0 spiro atoms. The summed E-state index contributed by atoms with van der Waals surface area (Å²) in [4.78, 5) is 10.5. The molecule has 1 fully saturated rings. The van der Waals surface area contributed by atoms with Crippen LogP contribution in [0, 0.1) is 6.92 Å². The van der Waals surface area contributed by atoms with Gasteiger partial charge in [-0.05, 0) is 18.9 Å². The molecule has 3 heterocycles. The minimum atomic E-state index is 0.503. The molecule has 0 aromatic carbocycles. The van der Waals surface area contributed by atoms with Crippen LogP contribution in [-0.4, -0.2) is 37.7 Å². The van der Waals surface area contributed by atoms with Crippen LogP contribution in [0.4, 0.5) is 0 Å². The van der Waals surface area contributed by atoms with Gasteiger partial charge in [-0.3, -0.25) is 9.58 Å². The predicted octanol–water partition coefficient (Wildman–Crippen LogP) is 1.43. The van der Waals surface area contributed by atoms with E-state index in [9.17, 15) is 0 Å². The molecule has 1 unspecified atom stereocenters. The minimum Gasteiger partial charge on any atom is -0.297 e. The Labute approximate surface area is 106 Å². The highest BCUT2D eigenvalue weighted by Crippen LogP contribution is 2.22. The summed E-state index contributed by atoms with van der Waals surface area (Å²) in [6.45, 7) is 5.17. The number of aromatic nitrogens is 4. The summed E-state index contributed by atoms with van der Waals surface area (Å²) >= 11 is 0. The Balaban J connectivity index is 1.62. The van der Waals surface area contributed by atoms with E-state index in [4.69, 9.17) is 0 Å². The van der Waals surface area contributed by atoms with Gasteiger partial charge in [0.05, 0.1) is 12.2 Å². The Morgan fingerprint density at radius 1 is 1.28 bits per heavy atom. The lowest BCUT2D eigenvalue weighted by molar-refractivity contribution is 0.311. The van der Waals surface area contributed by atoms with E-state index in [1.165, 1.54) is 11.1 Å². The van der Waals surface area contributed by atoms with Gasteiger partial charge in [0.25, 0.3) is 0 Å². The third-order valence-electron chi connectivity index (χ3n) is 3.37. The lowest BCUT2D eigenvalue weighted by Gasteiger charge is -2.15. The summed E-state index contributed by atoms with van der Waals surface area (Å²) < 4.78 is 2.09. The Hall–Kier alpha value is -1.75. The lowest BCUT2D eigenvalue weighted by atomic mass is 10.3. The molecule has 0 saturated carbocycles. The van der Waals surface area contributed by atoms with Gasteiger partial charge in [-0.15, -0.1) is 0 Å². The van der Waals surface area contributed by atoms with Crippen molar-refractivity contribution in [3.05, 3.63) is 42.2 Å². The van der Waals surface area contributed by atoms with Gasteiger partial charge in [0.15, 0.2) is 0 Å². The Morgan fingerprint density at radius 2 is 2.11 bits per heavy atom. The van der Waals surface area contributed by atoms with Crippen molar-refractivity contribution in [2.24, 2.45) is 0 Å². The van der Waals surface area contributed by atoms with Crippen LogP contribution >= 0.6 is 0 Å². The molecular formula is C13H17N5. The van der Waals surface area contributed by atoms with Crippen molar-refractivity contribution in [1.29, 1.82) is 0 Å². The zero-order valence-corrected chi connectivity index (χ0v) is 10.5. The van der Waals surface area contributed by atoms with Gasteiger partial charge in [0, 0.05) is 43.8 Å². The second kappa shape index (κ2) is 4.86. The molecule has 0 N–H and O–H groups in total. The molecule has 2 aromatic heterocycles. The van der Waals surface area contributed by atoms with Crippen molar-refractivity contribution in [1.82, 2.24) is 24.6 Å². The Morgan fingerprint density at radius 3 is 2.83 bits per heavy atom. The van der Waals surface area contributed by atoms with Crippen LogP contribution < -0.4 is 0 Å². The van der Waals surface area contributed by atoms with Crippen LogP contribution in [0.5, 0.6) is 0 Å². The van der Waals surface area contributed by atoms with Gasteiger partial charge in [-0.25, -0.2) is 9.97 Å². The smallest absolute Gasteiger partial charge is 0.115 e. The topological polar surface area (TPSA) is 46.8 Å². The molecular weight excluding hydrogens is 226 g/mol. The normalized spacial score (nSPS) is 20.4. The van der Waals surface area contributed by atoms with Crippen molar-refractivity contribution < 1.29 is 0 Å². The molecule has 3 rings (SSSR count). The first-order valence-corrected chi connectivity index (χ1v) is 6.28. The monoisotopic (exact) mass is 243 g/mol. The number of likely N-dealkylation sites (tertiary alicyclic amines) is 1. The van der Waals surface area contributed by atoms with Crippen LogP contribution in [0.15, 0.2) is 31.1 Å². The molecule has 1 aliphatic rings. The molecule has 1 saturated heterocycles. The summed E-state index contributed by atoms with van der Waals surface area (Å²) in [5, 5.41) is 4.40. The molecule has 5 nitrogen and oxygen atoms in total. The molecule has 94 valence electrons. The van der Waals surface area contributed by atoms with Gasteiger partial charge in [-0.2, -0.15) is 5.10 Å². The molecule has 0 radical (unpaired) electrons. The number of aryl methyl sites for hydroxylation is 1. The van der Waals surface area contributed by atoms with E-state index in [-0.39, 0.29) is 0 Å². The van der Waals surface area contributed by atoms with E-state index in [1.807, 2.05) is 18.6 Å². The summed E-state index contributed by atoms with van der Waals surface area (Å²) in [7, 11) is 0. The average molecular weight is 243 g/mol. The van der Waals surface area contributed by atoms with Gasteiger partial charge in [0.1, 0.15) is 6.33 Å². The zero-order valence-electron chi connectivity index (χ0n) is 10.5. The highest BCUT2D eigenvalue weighted by atomic mass is 15.3. The minimum absolute atomic E-state index is 0.503. The quantitative estimate of drug-likeness (QED) is 0.818. The highest BCUT2D eigenvalue weighted by molar-refractivity contribution is 5.04. The highest BCUT2D eigenvalue weighted by Gasteiger charge is 2.24. The van der Waals surface area contributed by atoms with Crippen molar-refractivity contribution in [3.8, 4) is 0 Å². The first kappa shape index (κ1) is 11.3. The third-order valence-corrected chi connectivity index (χ3v) is 3.37. The summed E-state index contributed by atoms with van der Waals surface area (Å²) in [6, 6.07) is 0.503. The maximum atomic E-state index is 4.40. The average Bonchev–Trinajstić information content (AvgIpc) is 2.99. The molecule has 18 heavy (non-hydrogen) atoms. The van der Waals surface area contributed by atoms with Crippen molar-refractivity contribution in [3.63, 3.8) is 0 Å². The van der Waals surface area contributed by atoms with E-state index in [0.29, 0.717) is 6.04 Å². The molecule has 2 aromatic rings. The van der Waals surface area contributed by atoms with Crippen LogP contribution in [0.2, 0.25) is 0 Å². The van der Waals surface area contributed by atoms with E-state index < -0.39 is 0 Å². The van der Waals surface area contributed by atoms with Crippen LogP contribution in [0.25, 0.3) is 0 Å². The Kier molecular flexibility index (Phi) is 3.06. The fourth-order valence-electron chi connectivity index (χ4n) is 2.47.